The van der Waals surface area contributed by atoms with Gasteiger partial charge in [0.25, 0.3) is 0 Å². The number of hydrogen-bond donors (Lipinski definition) is 1. The summed E-state index contributed by atoms with van der Waals surface area (Å²) in [5.41, 5.74) is 1.49. The van der Waals surface area contributed by atoms with Crippen LogP contribution in [-0.4, -0.2) is 39.5 Å². The van der Waals surface area contributed by atoms with Crippen LogP contribution >= 0.6 is 46.3 Å². The Balaban J connectivity index is 1.41. The van der Waals surface area contributed by atoms with E-state index in [0.29, 0.717) is 49.8 Å². The molecule has 1 atom stereocenters. The molecule has 1 aromatic carbocycles. The van der Waals surface area contributed by atoms with Crippen molar-refractivity contribution < 1.29 is 19.1 Å². The average Bonchev–Trinajstić information content (AvgIpc) is 3.41. The van der Waals surface area contributed by atoms with Crippen molar-refractivity contribution >= 4 is 63.2 Å². The Labute approximate surface area is 227 Å². The molecule has 1 unspecified atom stereocenters. The van der Waals surface area contributed by atoms with Crippen molar-refractivity contribution in [2.45, 2.75) is 51.4 Å². The number of aromatic nitrogens is 3. The van der Waals surface area contributed by atoms with Crippen LogP contribution in [0, 0.1) is 5.92 Å². The van der Waals surface area contributed by atoms with Crippen molar-refractivity contribution in [2.24, 2.45) is 5.92 Å². The van der Waals surface area contributed by atoms with Crippen LogP contribution in [0.1, 0.15) is 46.9 Å². The number of anilines is 1. The molecule has 3 aromatic rings. The number of halogens is 2. The lowest BCUT2D eigenvalue weighted by molar-refractivity contribution is -0.113. The third-order valence-electron chi connectivity index (χ3n) is 5.85. The fourth-order valence-electron chi connectivity index (χ4n) is 4.03. The molecular weight excluding hydrogens is 543 g/mol. The van der Waals surface area contributed by atoms with Gasteiger partial charge in [0, 0.05) is 16.4 Å². The first-order valence-electron chi connectivity index (χ1n) is 11.5. The number of rotatable bonds is 9. The van der Waals surface area contributed by atoms with E-state index in [4.69, 9.17) is 32.7 Å². The summed E-state index contributed by atoms with van der Waals surface area (Å²) in [5, 5.41) is 13.4. The normalized spacial score (nSPS) is 14.9. The van der Waals surface area contributed by atoms with Gasteiger partial charge in [-0.2, -0.15) is 0 Å². The third kappa shape index (κ3) is 5.99. The summed E-state index contributed by atoms with van der Waals surface area (Å²) in [7, 11) is 1.36. The highest BCUT2D eigenvalue weighted by molar-refractivity contribution is 7.99. The minimum atomic E-state index is -0.416. The fourth-order valence-corrected chi connectivity index (χ4v) is 6.73. The number of thiophene rings is 1. The predicted molar refractivity (Wildman–Crippen MR) is 143 cm³/mol. The van der Waals surface area contributed by atoms with Crippen molar-refractivity contribution in [1.29, 1.82) is 0 Å². The van der Waals surface area contributed by atoms with E-state index in [1.165, 1.54) is 30.2 Å². The molecule has 1 N–H and O–H groups in total. The van der Waals surface area contributed by atoms with Gasteiger partial charge in [-0.05, 0) is 55.9 Å². The smallest absolute Gasteiger partial charge is 0.341 e. The van der Waals surface area contributed by atoms with Crippen molar-refractivity contribution in [2.75, 3.05) is 18.2 Å². The number of ether oxygens (including phenoxy) is 2. The van der Waals surface area contributed by atoms with Crippen molar-refractivity contribution in [3.63, 3.8) is 0 Å². The predicted octanol–water partition coefficient (Wildman–Crippen LogP) is 5.89. The number of nitrogens with one attached hydrogen (secondary N) is 1. The molecule has 0 saturated heterocycles. The van der Waals surface area contributed by atoms with E-state index >= 15 is 0 Å². The summed E-state index contributed by atoms with van der Waals surface area (Å²) in [6.45, 7) is 4.93. The molecule has 12 heteroatoms. The first kappa shape index (κ1) is 26.8. The second-order valence-corrected chi connectivity index (χ2v) is 11.3. The summed E-state index contributed by atoms with van der Waals surface area (Å²) in [6, 6.07) is 5.01. The second-order valence-electron chi connectivity index (χ2n) is 8.39. The summed E-state index contributed by atoms with van der Waals surface area (Å²) >= 11 is 14.8. The molecule has 0 spiro atoms. The maximum Gasteiger partial charge on any atom is 0.341 e. The van der Waals surface area contributed by atoms with Crippen LogP contribution in [-0.2, 0) is 35.5 Å². The summed E-state index contributed by atoms with van der Waals surface area (Å²) in [5.74, 6) is 1.13. The van der Waals surface area contributed by atoms with Gasteiger partial charge in [-0.1, -0.05) is 41.9 Å². The molecule has 2 heterocycles. The zero-order valence-electron chi connectivity index (χ0n) is 20.1. The van der Waals surface area contributed by atoms with Gasteiger partial charge < -0.3 is 19.4 Å². The minimum Gasteiger partial charge on any atom is -0.484 e. The van der Waals surface area contributed by atoms with Gasteiger partial charge in [-0.25, -0.2) is 4.79 Å². The highest BCUT2D eigenvalue weighted by Gasteiger charge is 2.29. The topological polar surface area (TPSA) is 95.3 Å². The number of fused-ring (bicyclic) bond motifs is 1. The zero-order chi connectivity index (χ0) is 25.8. The molecule has 0 radical (unpaired) electrons. The molecule has 8 nitrogen and oxygen atoms in total. The molecule has 0 bridgehead atoms. The summed E-state index contributed by atoms with van der Waals surface area (Å²) < 4.78 is 12.7. The van der Waals surface area contributed by atoms with Crippen LogP contribution < -0.4 is 10.1 Å². The lowest BCUT2D eigenvalue weighted by Crippen LogP contribution is -2.17. The van der Waals surface area contributed by atoms with E-state index in [-0.39, 0.29) is 18.3 Å². The van der Waals surface area contributed by atoms with E-state index in [1.807, 2.05) is 11.5 Å². The molecule has 2 aromatic heterocycles. The van der Waals surface area contributed by atoms with Crippen molar-refractivity contribution in [3.8, 4) is 5.75 Å². The maximum atomic E-state index is 12.8. The van der Waals surface area contributed by atoms with Crippen LogP contribution in [0.25, 0.3) is 0 Å². The lowest BCUT2D eigenvalue weighted by Gasteiger charge is -2.18. The van der Waals surface area contributed by atoms with E-state index < -0.39 is 5.97 Å². The Morgan fingerprint density at radius 2 is 2.11 bits per heavy atom. The highest BCUT2D eigenvalue weighted by Crippen LogP contribution is 2.40. The van der Waals surface area contributed by atoms with Crippen LogP contribution in [0.15, 0.2) is 23.4 Å². The van der Waals surface area contributed by atoms with E-state index in [2.05, 4.69) is 22.4 Å². The van der Waals surface area contributed by atoms with Crippen LogP contribution in [0.3, 0.4) is 0 Å². The van der Waals surface area contributed by atoms with Crippen molar-refractivity contribution in [1.82, 2.24) is 14.8 Å². The SMILES string of the molecule is CCn1c(COc2ccc(Cl)cc2Cl)nnc1SCC(=O)Nc1sc2c(c1C(=O)OC)CCC(C)C2. The monoisotopic (exact) mass is 568 g/mol. The van der Waals surface area contributed by atoms with Gasteiger partial charge >= 0.3 is 5.97 Å². The van der Waals surface area contributed by atoms with E-state index in [9.17, 15) is 9.59 Å². The van der Waals surface area contributed by atoms with Crippen LogP contribution in [0.2, 0.25) is 10.0 Å². The zero-order valence-corrected chi connectivity index (χ0v) is 23.2. The highest BCUT2D eigenvalue weighted by atomic mass is 35.5. The Morgan fingerprint density at radius 3 is 2.83 bits per heavy atom. The van der Waals surface area contributed by atoms with Crippen LogP contribution in [0.4, 0.5) is 5.00 Å². The molecular formula is C24H26Cl2N4O4S2. The van der Waals surface area contributed by atoms with E-state index in [0.717, 1.165) is 29.7 Å². The Bertz CT molecular complexity index is 1280. The molecule has 1 amide bonds. The molecule has 0 saturated carbocycles. The quantitative estimate of drug-likeness (QED) is 0.254. The van der Waals surface area contributed by atoms with Crippen molar-refractivity contribution in [3.05, 3.63) is 50.1 Å². The first-order chi connectivity index (χ1) is 17.3. The lowest BCUT2D eigenvalue weighted by atomic mass is 9.88. The van der Waals surface area contributed by atoms with Gasteiger partial charge in [0.2, 0.25) is 5.91 Å². The van der Waals surface area contributed by atoms with Gasteiger partial charge in [-0.3, -0.25) is 4.79 Å². The minimum absolute atomic E-state index is 0.113. The van der Waals surface area contributed by atoms with Gasteiger partial charge in [-0.15, -0.1) is 21.5 Å². The summed E-state index contributed by atoms with van der Waals surface area (Å²) in [6.07, 6.45) is 2.73. The molecule has 0 fully saturated rings. The standard InChI is InChI=1S/C24H26Cl2N4O4S2/c1-4-30-19(11-34-17-8-6-14(25)10-16(17)26)28-29-24(30)35-12-20(31)27-22-21(23(32)33-3)15-7-5-13(2)9-18(15)36-22/h6,8,10,13H,4-5,7,9,11-12H2,1-3H3,(H,27,31). The Morgan fingerprint density at radius 1 is 1.31 bits per heavy atom. The number of esters is 1. The van der Waals surface area contributed by atoms with Crippen LogP contribution in [0.5, 0.6) is 5.75 Å². The van der Waals surface area contributed by atoms with E-state index in [1.54, 1.807) is 18.2 Å². The fraction of sp³-hybridized carbons (Fsp3) is 0.417. The van der Waals surface area contributed by atoms with Gasteiger partial charge in [0.1, 0.15) is 17.4 Å². The molecule has 36 heavy (non-hydrogen) atoms. The third-order valence-corrected chi connectivity index (χ3v) is 8.51. The number of methoxy groups -OCH3 is 1. The molecule has 0 aliphatic heterocycles. The molecule has 4 rings (SSSR count). The molecule has 192 valence electrons. The Hall–Kier alpha value is -2.27. The summed E-state index contributed by atoms with van der Waals surface area (Å²) in [4.78, 5) is 26.4. The maximum absolute atomic E-state index is 12.8. The number of carbonyl (C=O) groups excluding carboxylic acids is 2. The number of hydrogen-bond acceptors (Lipinski definition) is 8. The molecule has 1 aliphatic rings. The second kappa shape index (κ2) is 11.9. The number of benzene rings is 1. The number of thioether (sulfide) groups is 1. The van der Waals surface area contributed by atoms with Gasteiger partial charge in [0.05, 0.1) is 23.4 Å². The first-order valence-corrected chi connectivity index (χ1v) is 14.0. The Kier molecular flexibility index (Phi) is 8.82. The number of amides is 1. The largest absolute Gasteiger partial charge is 0.484 e. The number of carbonyl (C=O) groups is 2. The average molecular weight is 570 g/mol. The molecule has 1 aliphatic carbocycles. The number of nitrogens with zero attached hydrogens (tertiary/aromatic N) is 3. The van der Waals surface area contributed by atoms with Gasteiger partial charge in [0.15, 0.2) is 11.0 Å².